The SMILES string of the molecule is c1ccc2c(c1)CCC1(CCc3cccnc3C1)C2. The van der Waals surface area contributed by atoms with E-state index in [0.717, 1.165) is 0 Å². The second-order valence-corrected chi connectivity index (χ2v) is 6.23. The highest BCUT2D eigenvalue weighted by Crippen LogP contribution is 2.44. The van der Waals surface area contributed by atoms with Crippen molar-refractivity contribution in [2.75, 3.05) is 0 Å². The number of hydrogen-bond donors (Lipinski definition) is 0. The Balaban J connectivity index is 1.68. The van der Waals surface area contributed by atoms with Gasteiger partial charge >= 0.3 is 0 Å². The minimum absolute atomic E-state index is 0.482. The minimum atomic E-state index is 0.482. The van der Waals surface area contributed by atoms with Crippen LogP contribution < -0.4 is 0 Å². The third kappa shape index (κ3) is 1.88. The van der Waals surface area contributed by atoms with Crippen molar-refractivity contribution < 1.29 is 0 Å². The van der Waals surface area contributed by atoms with Crippen molar-refractivity contribution >= 4 is 0 Å². The summed E-state index contributed by atoms with van der Waals surface area (Å²) in [6.45, 7) is 0. The number of nitrogens with zero attached hydrogens (tertiary/aromatic N) is 1. The van der Waals surface area contributed by atoms with E-state index in [1.807, 2.05) is 6.20 Å². The lowest BCUT2D eigenvalue weighted by atomic mass is 9.63. The quantitative estimate of drug-likeness (QED) is 0.693. The maximum absolute atomic E-state index is 4.62. The molecule has 2 aromatic rings. The molecule has 1 spiro atoms. The second kappa shape index (κ2) is 4.19. The van der Waals surface area contributed by atoms with Crippen LogP contribution in [0.15, 0.2) is 42.6 Å². The molecule has 1 aromatic carbocycles. The van der Waals surface area contributed by atoms with Gasteiger partial charge in [0, 0.05) is 11.9 Å². The van der Waals surface area contributed by atoms with Crippen molar-refractivity contribution in [3.05, 3.63) is 65.0 Å². The predicted molar refractivity (Wildman–Crippen MR) is 77.2 cm³/mol. The molecule has 0 amide bonds. The van der Waals surface area contributed by atoms with E-state index in [-0.39, 0.29) is 0 Å². The van der Waals surface area contributed by atoms with Gasteiger partial charge in [-0.05, 0) is 66.7 Å². The number of aryl methyl sites for hydroxylation is 2. The van der Waals surface area contributed by atoms with Crippen molar-refractivity contribution in [1.82, 2.24) is 4.98 Å². The van der Waals surface area contributed by atoms with E-state index >= 15 is 0 Å². The molecule has 0 aliphatic heterocycles. The van der Waals surface area contributed by atoms with Gasteiger partial charge in [0.2, 0.25) is 0 Å². The monoisotopic (exact) mass is 249 g/mol. The van der Waals surface area contributed by atoms with E-state index in [1.165, 1.54) is 49.8 Å². The number of pyridine rings is 1. The third-order valence-electron chi connectivity index (χ3n) is 5.06. The molecule has 2 aliphatic carbocycles. The number of rotatable bonds is 0. The molecule has 0 radical (unpaired) electrons. The third-order valence-corrected chi connectivity index (χ3v) is 5.06. The van der Waals surface area contributed by atoms with E-state index < -0.39 is 0 Å². The van der Waals surface area contributed by atoms with Crippen LogP contribution in [0.3, 0.4) is 0 Å². The Hall–Kier alpha value is -1.63. The Morgan fingerprint density at radius 3 is 2.42 bits per heavy atom. The van der Waals surface area contributed by atoms with Crippen LogP contribution in [0.1, 0.15) is 35.2 Å². The zero-order valence-electron chi connectivity index (χ0n) is 11.2. The topological polar surface area (TPSA) is 12.9 Å². The van der Waals surface area contributed by atoms with Crippen LogP contribution in [0.2, 0.25) is 0 Å². The first kappa shape index (κ1) is 11.2. The maximum atomic E-state index is 4.62. The van der Waals surface area contributed by atoms with Gasteiger partial charge in [0.25, 0.3) is 0 Å². The molecule has 2 aliphatic rings. The fraction of sp³-hybridized carbons (Fsp3) is 0.389. The van der Waals surface area contributed by atoms with Crippen LogP contribution in [0.25, 0.3) is 0 Å². The number of fused-ring (bicyclic) bond motifs is 2. The molecular weight excluding hydrogens is 230 g/mol. The summed E-state index contributed by atoms with van der Waals surface area (Å²) in [5.74, 6) is 0. The van der Waals surface area contributed by atoms with E-state index in [1.54, 1.807) is 11.1 Å². The van der Waals surface area contributed by atoms with Crippen molar-refractivity contribution in [3.8, 4) is 0 Å². The molecule has 1 atom stereocenters. The smallest absolute Gasteiger partial charge is 0.0441 e. The fourth-order valence-electron chi connectivity index (χ4n) is 3.93. The van der Waals surface area contributed by atoms with Gasteiger partial charge in [-0.25, -0.2) is 0 Å². The Bertz CT molecular complexity index is 559. The molecule has 96 valence electrons. The van der Waals surface area contributed by atoms with Gasteiger partial charge in [0.05, 0.1) is 0 Å². The highest BCUT2D eigenvalue weighted by Gasteiger charge is 2.37. The molecule has 0 N–H and O–H groups in total. The summed E-state index contributed by atoms with van der Waals surface area (Å²) in [5.41, 5.74) is 6.46. The molecule has 0 fully saturated rings. The van der Waals surface area contributed by atoms with Gasteiger partial charge < -0.3 is 0 Å². The summed E-state index contributed by atoms with van der Waals surface area (Å²) in [6, 6.07) is 13.3. The first-order valence-corrected chi connectivity index (χ1v) is 7.34. The number of hydrogen-bond acceptors (Lipinski definition) is 1. The molecule has 1 unspecified atom stereocenters. The predicted octanol–water partition coefficient (Wildman–Crippen LogP) is 3.75. The van der Waals surface area contributed by atoms with Crippen molar-refractivity contribution in [2.45, 2.75) is 38.5 Å². The highest BCUT2D eigenvalue weighted by atomic mass is 14.7. The largest absolute Gasteiger partial charge is 0.261 e. The average molecular weight is 249 g/mol. The zero-order valence-corrected chi connectivity index (χ0v) is 11.2. The summed E-state index contributed by atoms with van der Waals surface area (Å²) in [7, 11) is 0. The first-order chi connectivity index (χ1) is 9.35. The van der Waals surface area contributed by atoms with Crippen molar-refractivity contribution in [2.24, 2.45) is 5.41 Å². The van der Waals surface area contributed by atoms with Gasteiger partial charge in [-0.2, -0.15) is 0 Å². The Morgan fingerprint density at radius 1 is 0.789 bits per heavy atom. The summed E-state index contributed by atoms with van der Waals surface area (Å²) in [6.07, 6.45) is 9.51. The summed E-state index contributed by atoms with van der Waals surface area (Å²) >= 11 is 0. The summed E-state index contributed by atoms with van der Waals surface area (Å²) in [4.78, 5) is 4.62. The summed E-state index contributed by atoms with van der Waals surface area (Å²) < 4.78 is 0. The normalized spacial score (nSPS) is 24.8. The average Bonchev–Trinajstić information content (AvgIpc) is 2.47. The van der Waals surface area contributed by atoms with Crippen molar-refractivity contribution in [1.29, 1.82) is 0 Å². The molecular formula is C18H19N. The van der Waals surface area contributed by atoms with Crippen LogP contribution in [-0.4, -0.2) is 4.98 Å². The lowest BCUT2D eigenvalue weighted by Crippen LogP contribution is -2.35. The van der Waals surface area contributed by atoms with Gasteiger partial charge in [-0.15, -0.1) is 0 Å². The van der Waals surface area contributed by atoms with Gasteiger partial charge in [-0.1, -0.05) is 30.3 Å². The standard InChI is InChI=1S/C18H19N/c1-2-5-16-12-18(9-7-14(16)4-1)10-8-15-6-3-11-19-17(15)13-18/h1-6,11H,7-10,12-13H2. The molecule has 19 heavy (non-hydrogen) atoms. The Morgan fingerprint density at radius 2 is 1.53 bits per heavy atom. The molecule has 1 aromatic heterocycles. The van der Waals surface area contributed by atoms with Gasteiger partial charge in [0.1, 0.15) is 0 Å². The zero-order chi connectivity index (χ0) is 12.7. The van der Waals surface area contributed by atoms with E-state index in [4.69, 9.17) is 0 Å². The lowest BCUT2D eigenvalue weighted by molar-refractivity contribution is 0.207. The number of aromatic nitrogens is 1. The fourth-order valence-corrected chi connectivity index (χ4v) is 3.93. The molecule has 0 saturated heterocycles. The van der Waals surface area contributed by atoms with Crippen LogP contribution in [0.5, 0.6) is 0 Å². The summed E-state index contributed by atoms with van der Waals surface area (Å²) in [5, 5.41) is 0. The molecule has 0 bridgehead atoms. The van der Waals surface area contributed by atoms with Gasteiger partial charge in [0.15, 0.2) is 0 Å². The first-order valence-electron chi connectivity index (χ1n) is 7.34. The van der Waals surface area contributed by atoms with Crippen LogP contribution in [0.4, 0.5) is 0 Å². The van der Waals surface area contributed by atoms with Gasteiger partial charge in [-0.3, -0.25) is 4.98 Å². The molecule has 0 saturated carbocycles. The minimum Gasteiger partial charge on any atom is -0.261 e. The highest BCUT2D eigenvalue weighted by molar-refractivity contribution is 5.33. The second-order valence-electron chi connectivity index (χ2n) is 6.23. The lowest BCUT2D eigenvalue weighted by Gasteiger charge is -2.41. The van der Waals surface area contributed by atoms with Crippen LogP contribution >= 0.6 is 0 Å². The molecule has 4 rings (SSSR count). The van der Waals surface area contributed by atoms with Crippen LogP contribution in [0, 0.1) is 5.41 Å². The van der Waals surface area contributed by atoms with E-state index in [2.05, 4.69) is 41.4 Å². The van der Waals surface area contributed by atoms with Crippen LogP contribution in [-0.2, 0) is 25.7 Å². The molecule has 1 heteroatoms. The Kier molecular flexibility index (Phi) is 2.48. The van der Waals surface area contributed by atoms with E-state index in [0.29, 0.717) is 5.41 Å². The van der Waals surface area contributed by atoms with Crippen molar-refractivity contribution in [3.63, 3.8) is 0 Å². The number of benzene rings is 1. The molecule has 1 heterocycles. The Labute approximate surface area is 114 Å². The molecule has 1 nitrogen and oxygen atoms in total. The van der Waals surface area contributed by atoms with E-state index in [9.17, 15) is 0 Å². The maximum Gasteiger partial charge on any atom is 0.0441 e.